The minimum absolute atomic E-state index is 0.232. The molecule has 0 radical (unpaired) electrons. The van der Waals surface area contributed by atoms with Crippen LogP contribution in [0.1, 0.15) is 14.5 Å². The monoisotopic (exact) mass is 355 g/mol. The van der Waals surface area contributed by atoms with Gasteiger partial charge >= 0.3 is 0 Å². The van der Waals surface area contributed by atoms with Gasteiger partial charge < -0.3 is 10.1 Å². The molecule has 9 heteroatoms. The number of amides is 1. The summed E-state index contributed by atoms with van der Waals surface area (Å²) >= 11 is 1.33. The first-order valence-electron chi connectivity index (χ1n) is 6.72. The van der Waals surface area contributed by atoms with Crippen LogP contribution in [-0.2, 0) is 16.4 Å². The predicted molar refractivity (Wildman–Crippen MR) is 89.6 cm³/mol. The van der Waals surface area contributed by atoms with Gasteiger partial charge in [0.05, 0.1) is 30.1 Å². The summed E-state index contributed by atoms with van der Waals surface area (Å²) in [6, 6.07) is 6.89. The maximum Gasteiger partial charge on any atom is 0.265 e. The fourth-order valence-electron chi connectivity index (χ4n) is 1.76. The molecule has 1 amide bonds. The second-order valence-corrected chi connectivity index (χ2v) is 7.73. The first-order chi connectivity index (χ1) is 10.9. The van der Waals surface area contributed by atoms with Crippen LogP contribution in [0, 0.1) is 0 Å². The molecule has 0 aliphatic carbocycles. The van der Waals surface area contributed by atoms with Crippen molar-refractivity contribution in [2.24, 2.45) is 0 Å². The van der Waals surface area contributed by atoms with Crippen molar-refractivity contribution in [1.29, 1.82) is 0 Å². The summed E-state index contributed by atoms with van der Waals surface area (Å²) in [5.74, 6) is 0.240. The maximum absolute atomic E-state index is 12.1. The van der Waals surface area contributed by atoms with Crippen molar-refractivity contribution in [2.75, 3.05) is 25.2 Å². The Labute approximate surface area is 138 Å². The van der Waals surface area contributed by atoms with Crippen molar-refractivity contribution in [3.8, 4) is 5.88 Å². The third kappa shape index (κ3) is 5.62. The number of carbonyl (C=O) groups is 1. The standard InChI is InChI=1S/C14H17N3O4S2/c1-21-13-6-3-10(9-15-13)17-14(18)12-5-4-11(22-12)7-8-16-23(2,19)20/h3-6,9,16H,7-8H2,1-2H3,(H,17,18). The Kier molecular flexibility index (Phi) is 5.69. The number of sulfonamides is 1. The van der Waals surface area contributed by atoms with Crippen molar-refractivity contribution in [3.63, 3.8) is 0 Å². The van der Waals surface area contributed by atoms with Crippen LogP contribution < -0.4 is 14.8 Å². The van der Waals surface area contributed by atoms with Crippen LogP contribution in [0.3, 0.4) is 0 Å². The van der Waals surface area contributed by atoms with E-state index in [1.165, 1.54) is 24.6 Å². The molecule has 0 bridgehead atoms. The molecule has 0 aromatic carbocycles. The van der Waals surface area contributed by atoms with E-state index in [0.717, 1.165) is 11.1 Å². The van der Waals surface area contributed by atoms with Gasteiger partial charge in [-0.3, -0.25) is 4.79 Å². The van der Waals surface area contributed by atoms with Gasteiger partial charge in [0.2, 0.25) is 15.9 Å². The first kappa shape index (κ1) is 17.4. The lowest BCUT2D eigenvalue weighted by Gasteiger charge is -2.04. The van der Waals surface area contributed by atoms with Crippen LogP contribution >= 0.6 is 11.3 Å². The number of hydrogen-bond donors (Lipinski definition) is 2. The van der Waals surface area contributed by atoms with E-state index in [2.05, 4.69) is 15.0 Å². The Balaban J connectivity index is 1.92. The fourth-order valence-corrected chi connectivity index (χ4v) is 3.14. The third-order valence-electron chi connectivity index (χ3n) is 2.82. The van der Waals surface area contributed by atoms with Crippen molar-refractivity contribution in [3.05, 3.63) is 40.2 Å². The molecule has 0 saturated carbocycles. The highest BCUT2D eigenvalue weighted by Crippen LogP contribution is 2.19. The van der Waals surface area contributed by atoms with Crippen LogP contribution in [0.2, 0.25) is 0 Å². The van der Waals surface area contributed by atoms with Crippen molar-refractivity contribution < 1.29 is 17.9 Å². The van der Waals surface area contributed by atoms with Gasteiger partial charge in [-0.05, 0) is 24.6 Å². The number of aromatic nitrogens is 1. The Morgan fingerprint density at radius 1 is 1.30 bits per heavy atom. The molecule has 2 heterocycles. The number of nitrogens with zero attached hydrogens (tertiary/aromatic N) is 1. The third-order valence-corrected chi connectivity index (χ3v) is 4.70. The summed E-state index contributed by atoms with van der Waals surface area (Å²) < 4.78 is 29.4. The molecule has 2 rings (SSSR count). The van der Waals surface area contributed by atoms with E-state index in [9.17, 15) is 13.2 Å². The summed E-state index contributed by atoms with van der Waals surface area (Å²) in [4.78, 5) is 17.6. The normalized spacial score (nSPS) is 11.2. The molecule has 0 unspecified atom stereocenters. The second-order valence-electron chi connectivity index (χ2n) is 4.73. The van der Waals surface area contributed by atoms with Gasteiger partial charge in [-0.25, -0.2) is 18.1 Å². The van der Waals surface area contributed by atoms with Crippen LogP contribution in [0.4, 0.5) is 5.69 Å². The van der Waals surface area contributed by atoms with Gasteiger partial charge in [-0.15, -0.1) is 11.3 Å². The lowest BCUT2D eigenvalue weighted by molar-refractivity contribution is 0.103. The minimum atomic E-state index is -3.19. The van der Waals surface area contributed by atoms with Gasteiger partial charge in [0, 0.05) is 17.5 Å². The highest BCUT2D eigenvalue weighted by molar-refractivity contribution is 7.88. The smallest absolute Gasteiger partial charge is 0.265 e. The lowest BCUT2D eigenvalue weighted by Crippen LogP contribution is -2.24. The van der Waals surface area contributed by atoms with Crippen LogP contribution in [0.15, 0.2) is 30.5 Å². The molecule has 0 saturated heterocycles. The van der Waals surface area contributed by atoms with Crippen molar-refractivity contribution in [2.45, 2.75) is 6.42 Å². The minimum Gasteiger partial charge on any atom is -0.481 e. The van der Waals surface area contributed by atoms with Crippen LogP contribution in [0.5, 0.6) is 5.88 Å². The van der Waals surface area contributed by atoms with E-state index >= 15 is 0 Å². The molecule has 7 nitrogen and oxygen atoms in total. The van der Waals surface area contributed by atoms with E-state index in [1.54, 1.807) is 18.2 Å². The summed E-state index contributed by atoms with van der Waals surface area (Å²) in [6.07, 6.45) is 3.17. The number of pyridine rings is 1. The van der Waals surface area contributed by atoms with E-state index in [0.29, 0.717) is 29.4 Å². The van der Waals surface area contributed by atoms with E-state index in [-0.39, 0.29) is 5.91 Å². The molecule has 124 valence electrons. The molecular formula is C14H17N3O4S2. The zero-order valence-electron chi connectivity index (χ0n) is 12.7. The molecule has 0 atom stereocenters. The highest BCUT2D eigenvalue weighted by Gasteiger charge is 2.10. The average molecular weight is 355 g/mol. The topological polar surface area (TPSA) is 97.4 Å². The maximum atomic E-state index is 12.1. The summed E-state index contributed by atoms with van der Waals surface area (Å²) in [5.41, 5.74) is 0.574. The SMILES string of the molecule is COc1ccc(NC(=O)c2ccc(CCNS(C)(=O)=O)s2)cn1. The highest BCUT2D eigenvalue weighted by atomic mass is 32.2. The zero-order valence-corrected chi connectivity index (χ0v) is 14.3. The molecule has 0 fully saturated rings. The Bertz CT molecular complexity index is 770. The molecular weight excluding hydrogens is 338 g/mol. The Morgan fingerprint density at radius 3 is 2.70 bits per heavy atom. The van der Waals surface area contributed by atoms with E-state index < -0.39 is 10.0 Å². The summed E-state index contributed by atoms with van der Waals surface area (Å²) in [5, 5.41) is 2.75. The summed E-state index contributed by atoms with van der Waals surface area (Å²) in [7, 11) is -1.67. The number of anilines is 1. The Hall–Kier alpha value is -1.97. The second kappa shape index (κ2) is 7.53. The van der Waals surface area contributed by atoms with Crippen molar-refractivity contribution in [1.82, 2.24) is 9.71 Å². The van der Waals surface area contributed by atoms with Gasteiger partial charge in [0.15, 0.2) is 0 Å². The van der Waals surface area contributed by atoms with Gasteiger partial charge in [-0.1, -0.05) is 0 Å². The molecule has 23 heavy (non-hydrogen) atoms. The Morgan fingerprint density at radius 2 is 2.09 bits per heavy atom. The van der Waals surface area contributed by atoms with Crippen LogP contribution in [0.25, 0.3) is 0 Å². The lowest BCUT2D eigenvalue weighted by atomic mass is 10.3. The number of ether oxygens (including phenoxy) is 1. The number of nitrogens with one attached hydrogen (secondary N) is 2. The van der Waals surface area contributed by atoms with Gasteiger partial charge in [0.25, 0.3) is 5.91 Å². The molecule has 0 aliphatic rings. The largest absolute Gasteiger partial charge is 0.481 e. The first-order valence-corrected chi connectivity index (χ1v) is 9.43. The molecule has 2 N–H and O–H groups in total. The van der Waals surface area contributed by atoms with Crippen molar-refractivity contribution >= 4 is 33.0 Å². The fraction of sp³-hybridized carbons (Fsp3) is 0.286. The predicted octanol–water partition coefficient (Wildman–Crippen LogP) is 1.50. The number of thiophene rings is 1. The van der Waals surface area contributed by atoms with Crippen LogP contribution in [-0.4, -0.2) is 39.2 Å². The molecule has 0 aliphatic heterocycles. The van der Waals surface area contributed by atoms with Gasteiger partial charge in [0.1, 0.15) is 0 Å². The number of carbonyl (C=O) groups excluding carboxylic acids is 1. The van der Waals surface area contributed by atoms with Gasteiger partial charge in [-0.2, -0.15) is 0 Å². The number of rotatable bonds is 7. The molecule has 2 aromatic heterocycles. The summed E-state index contributed by atoms with van der Waals surface area (Å²) in [6.45, 7) is 0.308. The molecule has 2 aromatic rings. The van der Waals surface area contributed by atoms with E-state index in [1.807, 2.05) is 6.07 Å². The average Bonchev–Trinajstić information content (AvgIpc) is 2.96. The quantitative estimate of drug-likeness (QED) is 0.784. The molecule has 0 spiro atoms. The zero-order chi connectivity index (χ0) is 16.9. The van der Waals surface area contributed by atoms with E-state index in [4.69, 9.17) is 4.74 Å². The number of hydrogen-bond acceptors (Lipinski definition) is 6. The number of methoxy groups -OCH3 is 1.